The Kier molecular flexibility index (Phi) is 5.19. The van der Waals surface area contributed by atoms with E-state index in [1.807, 2.05) is 0 Å². The van der Waals surface area contributed by atoms with Crippen molar-refractivity contribution < 1.29 is 17.9 Å². The molecular formula is C11H13Cl2NO4S. The van der Waals surface area contributed by atoms with Gasteiger partial charge in [0.05, 0.1) is 6.61 Å². The van der Waals surface area contributed by atoms with Gasteiger partial charge >= 0.3 is 0 Å². The second-order valence-corrected chi connectivity index (χ2v) is 5.55. The van der Waals surface area contributed by atoms with E-state index in [9.17, 15) is 4.21 Å². The lowest BCUT2D eigenvalue weighted by Gasteiger charge is -2.18. The van der Waals surface area contributed by atoms with Crippen LogP contribution >= 0.6 is 23.2 Å². The molecule has 8 heteroatoms. The number of nitrogens with two attached hydrogens (primary N) is 1. The third-order valence-corrected chi connectivity index (χ3v) is 3.70. The number of hydrogen-bond donors (Lipinski definition) is 1. The standard InChI is InChI=1S/C11H13Cl2NO4S/c1-6-17-9(5-16-19(14)15)11(18-6)10-7(12)3-2-4-8(10)13/h2-4,6,9,11H,5,14H2,1H3/t6?,9-,11+,19?/m1/s1. The van der Waals surface area contributed by atoms with Crippen LogP contribution in [0.3, 0.4) is 0 Å². The molecule has 4 atom stereocenters. The van der Waals surface area contributed by atoms with E-state index in [0.717, 1.165) is 0 Å². The topological polar surface area (TPSA) is 70.8 Å². The molecule has 0 aliphatic carbocycles. The zero-order chi connectivity index (χ0) is 14.0. The van der Waals surface area contributed by atoms with Crippen molar-refractivity contribution in [3.8, 4) is 0 Å². The second kappa shape index (κ2) is 6.49. The normalized spacial score (nSPS) is 28.5. The molecule has 0 radical (unpaired) electrons. The second-order valence-electron chi connectivity index (χ2n) is 3.98. The van der Waals surface area contributed by atoms with Crippen LogP contribution in [0.4, 0.5) is 0 Å². The van der Waals surface area contributed by atoms with Crippen molar-refractivity contribution in [2.45, 2.75) is 25.4 Å². The SMILES string of the molecule is CC1O[C@H](c2c(Cl)cccc2Cl)[C@@H](COS(N)=O)O1. The summed E-state index contributed by atoms with van der Waals surface area (Å²) in [5.41, 5.74) is 0.631. The fourth-order valence-electron chi connectivity index (χ4n) is 1.94. The van der Waals surface area contributed by atoms with Gasteiger partial charge in [0.1, 0.15) is 12.2 Å². The average Bonchev–Trinajstić information content (AvgIpc) is 2.67. The third-order valence-electron chi connectivity index (χ3n) is 2.68. The van der Waals surface area contributed by atoms with Gasteiger partial charge in [0.2, 0.25) is 11.3 Å². The molecule has 0 aromatic heterocycles. The van der Waals surface area contributed by atoms with E-state index in [2.05, 4.69) is 0 Å². The van der Waals surface area contributed by atoms with E-state index in [1.54, 1.807) is 25.1 Å². The van der Waals surface area contributed by atoms with Crippen LogP contribution in [0, 0.1) is 0 Å². The van der Waals surface area contributed by atoms with Gasteiger partial charge in [0.15, 0.2) is 6.29 Å². The number of ether oxygens (including phenoxy) is 2. The maximum atomic E-state index is 10.8. The molecule has 0 saturated carbocycles. The third kappa shape index (κ3) is 3.66. The number of hydrogen-bond acceptors (Lipinski definition) is 4. The molecule has 2 unspecified atom stereocenters. The van der Waals surface area contributed by atoms with Crippen LogP contribution in [0.15, 0.2) is 18.2 Å². The largest absolute Gasteiger partial charge is 0.344 e. The molecule has 1 aliphatic heterocycles. The van der Waals surface area contributed by atoms with E-state index in [1.165, 1.54) is 0 Å². The molecule has 1 aromatic carbocycles. The minimum atomic E-state index is -1.86. The average molecular weight is 326 g/mol. The Morgan fingerprint density at radius 3 is 2.58 bits per heavy atom. The Hall–Kier alpha value is -0.210. The van der Waals surface area contributed by atoms with Crippen LogP contribution in [0.25, 0.3) is 0 Å². The van der Waals surface area contributed by atoms with E-state index in [-0.39, 0.29) is 6.61 Å². The molecule has 1 saturated heterocycles. The number of rotatable bonds is 4. The van der Waals surface area contributed by atoms with Crippen molar-refractivity contribution in [2.75, 3.05) is 6.61 Å². The Bertz CT molecular complexity index is 468. The highest BCUT2D eigenvalue weighted by Crippen LogP contribution is 2.39. The highest BCUT2D eigenvalue weighted by Gasteiger charge is 2.37. The van der Waals surface area contributed by atoms with E-state index >= 15 is 0 Å². The number of benzene rings is 1. The van der Waals surface area contributed by atoms with E-state index in [4.69, 9.17) is 42.0 Å². The van der Waals surface area contributed by atoms with Crippen LogP contribution in [-0.4, -0.2) is 23.2 Å². The fraction of sp³-hybridized carbons (Fsp3) is 0.455. The van der Waals surface area contributed by atoms with Gasteiger partial charge in [0, 0.05) is 15.6 Å². The van der Waals surface area contributed by atoms with Crippen LogP contribution in [0.1, 0.15) is 18.6 Å². The summed E-state index contributed by atoms with van der Waals surface area (Å²) >= 11 is 10.4. The van der Waals surface area contributed by atoms with Crippen molar-refractivity contribution in [2.24, 2.45) is 5.14 Å². The molecule has 1 fully saturated rings. The molecule has 0 bridgehead atoms. The summed E-state index contributed by atoms with van der Waals surface area (Å²) < 4.78 is 26.8. The Morgan fingerprint density at radius 1 is 1.37 bits per heavy atom. The molecule has 1 heterocycles. The first kappa shape index (κ1) is 15.2. The monoisotopic (exact) mass is 325 g/mol. The predicted octanol–water partition coefficient (Wildman–Crippen LogP) is 2.35. The van der Waals surface area contributed by atoms with Crippen LogP contribution in [0.2, 0.25) is 10.0 Å². The van der Waals surface area contributed by atoms with Crippen molar-refractivity contribution in [3.63, 3.8) is 0 Å². The highest BCUT2D eigenvalue weighted by atomic mass is 35.5. The summed E-state index contributed by atoms with van der Waals surface area (Å²) in [7, 11) is 0. The lowest BCUT2D eigenvalue weighted by atomic mass is 10.0. The Labute approximate surface area is 123 Å². The van der Waals surface area contributed by atoms with E-state index in [0.29, 0.717) is 15.6 Å². The predicted molar refractivity (Wildman–Crippen MR) is 72.9 cm³/mol. The van der Waals surface area contributed by atoms with Gasteiger partial charge in [-0.25, -0.2) is 9.35 Å². The molecule has 0 spiro atoms. The maximum absolute atomic E-state index is 10.8. The molecule has 1 aliphatic rings. The van der Waals surface area contributed by atoms with Crippen LogP contribution in [-0.2, 0) is 24.9 Å². The van der Waals surface area contributed by atoms with Gasteiger partial charge < -0.3 is 9.47 Å². The minimum absolute atomic E-state index is 0.0275. The zero-order valence-corrected chi connectivity index (χ0v) is 12.4. The maximum Gasteiger partial charge on any atom is 0.231 e. The first-order valence-electron chi connectivity index (χ1n) is 5.53. The van der Waals surface area contributed by atoms with Gasteiger partial charge in [-0.15, -0.1) is 0 Å². The smallest absolute Gasteiger partial charge is 0.231 e. The molecular weight excluding hydrogens is 313 g/mol. The van der Waals surface area contributed by atoms with Crippen LogP contribution in [0.5, 0.6) is 0 Å². The van der Waals surface area contributed by atoms with Gasteiger partial charge in [-0.2, -0.15) is 0 Å². The molecule has 2 rings (SSSR count). The summed E-state index contributed by atoms with van der Waals surface area (Å²) in [4.78, 5) is 0. The van der Waals surface area contributed by atoms with Crippen LogP contribution < -0.4 is 5.14 Å². The lowest BCUT2D eigenvalue weighted by Crippen LogP contribution is -2.24. The molecule has 1 aromatic rings. The molecule has 106 valence electrons. The molecule has 0 amide bonds. The van der Waals surface area contributed by atoms with Crippen molar-refractivity contribution in [1.82, 2.24) is 0 Å². The molecule has 5 nitrogen and oxygen atoms in total. The molecule has 19 heavy (non-hydrogen) atoms. The highest BCUT2D eigenvalue weighted by molar-refractivity contribution is 7.77. The zero-order valence-electron chi connectivity index (χ0n) is 10.0. The minimum Gasteiger partial charge on any atom is -0.344 e. The summed E-state index contributed by atoms with van der Waals surface area (Å²) in [6.07, 6.45) is -1.39. The van der Waals surface area contributed by atoms with Crippen molar-refractivity contribution in [3.05, 3.63) is 33.8 Å². The summed E-state index contributed by atoms with van der Waals surface area (Å²) in [6, 6.07) is 5.18. The molecule has 2 N–H and O–H groups in total. The van der Waals surface area contributed by atoms with E-state index < -0.39 is 29.8 Å². The Morgan fingerprint density at radius 2 is 2.00 bits per heavy atom. The Balaban J connectivity index is 2.23. The summed E-state index contributed by atoms with van der Waals surface area (Å²) in [5, 5.41) is 6.01. The van der Waals surface area contributed by atoms with Gasteiger partial charge in [0.25, 0.3) is 0 Å². The first-order chi connectivity index (χ1) is 8.99. The van der Waals surface area contributed by atoms with Gasteiger partial charge in [-0.1, -0.05) is 29.3 Å². The summed E-state index contributed by atoms with van der Waals surface area (Å²) in [6.45, 7) is 1.77. The number of halogens is 2. The summed E-state index contributed by atoms with van der Waals surface area (Å²) in [5.74, 6) is 0. The van der Waals surface area contributed by atoms with Gasteiger partial charge in [-0.3, -0.25) is 4.18 Å². The first-order valence-corrected chi connectivity index (χ1v) is 7.42. The van der Waals surface area contributed by atoms with Gasteiger partial charge in [-0.05, 0) is 19.1 Å². The van der Waals surface area contributed by atoms with Crippen molar-refractivity contribution >= 4 is 34.5 Å². The lowest BCUT2D eigenvalue weighted by molar-refractivity contribution is -0.0547. The fourth-order valence-corrected chi connectivity index (χ4v) is 2.82. The quantitative estimate of drug-likeness (QED) is 0.922. The van der Waals surface area contributed by atoms with Crippen molar-refractivity contribution in [1.29, 1.82) is 0 Å².